The molecule has 0 bridgehead atoms. The van der Waals surface area contributed by atoms with E-state index in [4.69, 9.17) is 9.84 Å². The van der Waals surface area contributed by atoms with Crippen LogP contribution in [0.1, 0.15) is 5.56 Å². The number of hydrogen-bond acceptors (Lipinski definition) is 4. The molecule has 0 aliphatic rings. The molecule has 1 aromatic heterocycles. The molecule has 5 nitrogen and oxygen atoms in total. The number of anilines is 1. The molecule has 0 saturated carbocycles. The van der Waals surface area contributed by atoms with E-state index in [-0.39, 0.29) is 0 Å². The van der Waals surface area contributed by atoms with Crippen LogP contribution in [-0.4, -0.2) is 36.3 Å². The van der Waals surface area contributed by atoms with Gasteiger partial charge in [-0.1, -0.05) is 24.3 Å². The van der Waals surface area contributed by atoms with E-state index in [1.165, 1.54) is 0 Å². The molecule has 5 heteroatoms. The zero-order chi connectivity index (χ0) is 15.8. The molecule has 114 valence electrons. The minimum atomic E-state index is -0.965. The highest BCUT2D eigenvalue weighted by molar-refractivity contribution is 5.85. The van der Waals surface area contributed by atoms with E-state index in [1.54, 1.807) is 13.2 Å². The quantitative estimate of drug-likeness (QED) is 0.607. The number of carbonyl (C=O) groups is 1. The summed E-state index contributed by atoms with van der Waals surface area (Å²) >= 11 is 0. The van der Waals surface area contributed by atoms with Gasteiger partial charge in [0.15, 0.2) is 0 Å². The Morgan fingerprint density at radius 2 is 2.14 bits per heavy atom. The fraction of sp³-hybridized carbons (Fsp3) is 0.176. The van der Waals surface area contributed by atoms with E-state index in [0.717, 1.165) is 28.7 Å². The summed E-state index contributed by atoms with van der Waals surface area (Å²) in [5.41, 5.74) is 2.58. The van der Waals surface area contributed by atoms with Gasteiger partial charge in [-0.2, -0.15) is 0 Å². The van der Waals surface area contributed by atoms with Crippen molar-refractivity contribution in [3.63, 3.8) is 0 Å². The molecule has 2 N–H and O–H groups in total. The zero-order valence-electron chi connectivity index (χ0n) is 12.3. The lowest BCUT2D eigenvalue weighted by Gasteiger charge is -2.07. The summed E-state index contributed by atoms with van der Waals surface area (Å²) < 4.78 is 4.99. The number of methoxy groups -OCH3 is 1. The lowest BCUT2D eigenvalue weighted by molar-refractivity contribution is -0.131. The Bertz CT molecular complexity index is 668. The largest absolute Gasteiger partial charge is 0.478 e. The van der Waals surface area contributed by atoms with Crippen molar-refractivity contribution in [1.29, 1.82) is 0 Å². The van der Waals surface area contributed by atoms with Crippen molar-refractivity contribution in [2.24, 2.45) is 0 Å². The summed E-state index contributed by atoms with van der Waals surface area (Å²) in [7, 11) is 1.65. The van der Waals surface area contributed by atoms with E-state index >= 15 is 0 Å². The molecule has 0 atom stereocenters. The van der Waals surface area contributed by atoms with Crippen LogP contribution in [0.2, 0.25) is 0 Å². The van der Waals surface area contributed by atoms with Crippen molar-refractivity contribution in [3.8, 4) is 11.3 Å². The number of carboxylic acids is 1. The first-order chi connectivity index (χ1) is 10.7. The first-order valence-corrected chi connectivity index (χ1v) is 6.90. The number of hydrogen-bond donors (Lipinski definition) is 2. The maximum Gasteiger partial charge on any atom is 0.328 e. The fourth-order valence-electron chi connectivity index (χ4n) is 1.94. The minimum absolute atomic E-state index is 0.612. The number of nitrogens with one attached hydrogen (secondary N) is 1. The minimum Gasteiger partial charge on any atom is -0.478 e. The topological polar surface area (TPSA) is 71.5 Å². The van der Waals surface area contributed by atoms with Crippen LogP contribution in [0.4, 0.5) is 5.82 Å². The van der Waals surface area contributed by atoms with Gasteiger partial charge in [0.25, 0.3) is 0 Å². The van der Waals surface area contributed by atoms with Crippen molar-refractivity contribution >= 4 is 17.9 Å². The number of pyridine rings is 1. The molecule has 1 aromatic carbocycles. The van der Waals surface area contributed by atoms with Gasteiger partial charge in [-0.3, -0.25) is 0 Å². The first-order valence-electron chi connectivity index (χ1n) is 6.90. The molecule has 0 fully saturated rings. The van der Waals surface area contributed by atoms with E-state index in [0.29, 0.717) is 13.2 Å². The predicted octanol–water partition coefficient (Wildman–Crippen LogP) is 2.90. The maximum absolute atomic E-state index is 10.6. The molecule has 0 aliphatic carbocycles. The van der Waals surface area contributed by atoms with E-state index in [2.05, 4.69) is 10.3 Å². The van der Waals surface area contributed by atoms with Gasteiger partial charge in [0.05, 0.1) is 12.3 Å². The van der Waals surface area contributed by atoms with Crippen LogP contribution in [0.3, 0.4) is 0 Å². The molecule has 1 heterocycles. The third-order valence-corrected chi connectivity index (χ3v) is 2.96. The zero-order valence-corrected chi connectivity index (χ0v) is 12.3. The van der Waals surface area contributed by atoms with Crippen molar-refractivity contribution in [3.05, 3.63) is 54.1 Å². The molecule has 0 amide bonds. The van der Waals surface area contributed by atoms with Crippen molar-refractivity contribution in [1.82, 2.24) is 4.98 Å². The standard InChI is InChI=1S/C17H18N2O3/c1-22-11-10-18-16-7-3-6-15(19-16)14-5-2-4-13(12-14)8-9-17(20)21/h2-9,12H,10-11H2,1H3,(H,18,19)(H,20,21). The third kappa shape index (κ3) is 4.71. The van der Waals surface area contributed by atoms with E-state index < -0.39 is 5.97 Å². The van der Waals surface area contributed by atoms with Gasteiger partial charge < -0.3 is 15.2 Å². The lowest BCUT2D eigenvalue weighted by Crippen LogP contribution is -2.08. The highest BCUT2D eigenvalue weighted by Crippen LogP contribution is 2.20. The Morgan fingerprint density at radius 3 is 2.91 bits per heavy atom. The van der Waals surface area contributed by atoms with E-state index in [9.17, 15) is 4.79 Å². The smallest absolute Gasteiger partial charge is 0.328 e. The Balaban J connectivity index is 2.19. The normalized spacial score (nSPS) is 10.8. The number of ether oxygens (including phenoxy) is 1. The predicted molar refractivity (Wildman–Crippen MR) is 86.7 cm³/mol. The molecule has 0 radical (unpaired) electrons. The SMILES string of the molecule is COCCNc1cccc(-c2cccc(C=CC(=O)O)c2)n1. The van der Waals surface area contributed by atoms with Crippen LogP contribution in [0, 0.1) is 0 Å². The van der Waals surface area contributed by atoms with Gasteiger partial charge >= 0.3 is 5.97 Å². The van der Waals surface area contributed by atoms with Gasteiger partial charge in [0, 0.05) is 25.3 Å². The average molecular weight is 298 g/mol. The molecular formula is C17H18N2O3. The van der Waals surface area contributed by atoms with Crippen LogP contribution in [0.25, 0.3) is 17.3 Å². The van der Waals surface area contributed by atoms with Gasteiger partial charge in [-0.15, -0.1) is 0 Å². The number of aromatic nitrogens is 1. The number of carboxylic acid groups (broad SMARTS) is 1. The number of aliphatic carboxylic acids is 1. The van der Waals surface area contributed by atoms with Gasteiger partial charge in [0.1, 0.15) is 5.82 Å². The summed E-state index contributed by atoms with van der Waals surface area (Å²) in [6, 6.07) is 13.3. The maximum atomic E-state index is 10.6. The number of benzene rings is 1. The Labute approximate surface area is 129 Å². The number of rotatable bonds is 7. The van der Waals surface area contributed by atoms with Crippen LogP contribution < -0.4 is 5.32 Å². The second-order valence-electron chi connectivity index (χ2n) is 4.62. The summed E-state index contributed by atoms with van der Waals surface area (Å²) in [6.07, 6.45) is 2.68. The fourth-order valence-corrected chi connectivity index (χ4v) is 1.94. The summed E-state index contributed by atoms with van der Waals surface area (Å²) in [4.78, 5) is 15.1. The molecule has 0 aliphatic heterocycles. The van der Waals surface area contributed by atoms with Crippen molar-refractivity contribution in [2.75, 3.05) is 25.6 Å². The van der Waals surface area contributed by atoms with Gasteiger partial charge in [-0.05, 0) is 29.8 Å². The lowest BCUT2D eigenvalue weighted by atomic mass is 10.1. The molecule has 2 aromatic rings. The third-order valence-electron chi connectivity index (χ3n) is 2.96. The highest BCUT2D eigenvalue weighted by atomic mass is 16.5. The van der Waals surface area contributed by atoms with E-state index in [1.807, 2.05) is 42.5 Å². The second-order valence-corrected chi connectivity index (χ2v) is 4.62. The Kier molecular flexibility index (Phi) is 5.68. The second kappa shape index (κ2) is 7.95. The van der Waals surface area contributed by atoms with Crippen molar-refractivity contribution < 1.29 is 14.6 Å². The molecule has 0 spiro atoms. The molecule has 0 saturated heterocycles. The van der Waals surface area contributed by atoms with Gasteiger partial charge in [-0.25, -0.2) is 9.78 Å². The summed E-state index contributed by atoms with van der Waals surface area (Å²) in [5.74, 6) is -0.186. The summed E-state index contributed by atoms with van der Waals surface area (Å²) in [6.45, 7) is 1.30. The molecular weight excluding hydrogens is 280 g/mol. The van der Waals surface area contributed by atoms with Crippen LogP contribution in [0.5, 0.6) is 0 Å². The van der Waals surface area contributed by atoms with Crippen molar-refractivity contribution in [2.45, 2.75) is 0 Å². The molecule has 0 unspecified atom stereocenters. The van der Waals surface area contributed by atoms with Gasteiger partial charge in [0.2, 0.25) is 0 Å². The highest BCUT2D eigenvalue weighted by Gasteiger charge is 2.02. The monoisotopic (exact) mass is 298 g/mol. The molecule has 2 rings (SSSR count). The first kappa shape index (κ1) is 15.7. The Morgan fingerprint density at radius 1 is 1.32 bits per heavy atom. The Hall–Kier alpha value is -2.66. The van der Waals surface area contributed by atoms with Crippen LogP contribution >= 0.6 is 0 Å². The summed E-state index contributed by atoms with van der Waals surface area (Å²) in [5, 5.41) is 11.9. The molecule has 22 heavy (non-hydrogen) atoms. The number of nitrogens with zero attached hydrogens (tertiary/aromatic N) is 1. The average Bonchev–Trinajstić information content (AvgIpc) is 2.54. The van der Waals surface area contributed by atoms with Crippen LogP contribution in [-0.2, 0) is 9.53 Å². The van der Waals surface area contributed by atoms with Crippen LogP contribution in [0.15, 0.2) is 48.5 Å².